The summed E-state index contributed by atoms with van der Waals surface area (Å²) in [7, 11) is 0. The summed E-state index contributed by atoms with van der Waals surface area (Å²) < 4.78 is 0. The van der Waals surface area contributed by atoms with Gasteiger partial charge in [0.25, 0.3) is 0 Å². The van der Waals surface area contributed by atoms with Gasteiger partial charge in [0.1, 0.15) is 0 Å². The Bertz CT molecular complexity index is 210. The molecule has 1 unspecified atom stereocenters. The lowest BCUT2D eigenvalue weighted by atomic mass is 9.94. The summed E-state index contributed by atoms with van der Waals surface area (Å²) in [6.07, 6.45) is 1.73. The van der Waals surface area contributed by atoms with Gasteiger partial charge < -0.3 is 16.2 Å². The number of hydrogen-bond acceptors (Lipinski definition) is 3. The van der Waals surface area contributed by atoms with Gasteiger partial charge in [0.05, 0.1) is 5.54 Å². The third kappa shape index (κ3) is 6.80. The summed E-state index contributed by atoms with van der Waals surface area (Å²) in [5.41, 5.74) is 4.85. The highest BCUT2D eigenvalue weighted by molar-refractivity contribution is 5.84. The largest absolute Gasteiger partial charge is 0.396 e. The number of aliphatic hydroxyl groups is 1. The lowest BCUT2D eigenvalue weighted by molar-refractivity contribution is -0.125. The van der Waals surface area contributed by atoms with Gasteiger partial charge in [-0.1, -0.05) is 13.8 Å². The Labute approximate surface area is 98.6 Å². The van der Waals surface area contributed by atoms with Crippen LogP contribution in [0.15, 0.2) is 0 Å². The number of carbonyl (C=O) groups excluding carboxylic acids is 1. The molecule has 0 aromatic rings. The van der Waals surface area contributed by atoms with Gasteiger partial charge in [0.15, 0.2) is 0 Å². The van der Waals surface area contributed by atoms with E-state index in [-0.39, 0.29) is 12.5 Å². The van der Waals surface area contributed by atoms with Gasteiger partial charge in [-0.25, -0.2) is 0 Å². The smallest absolute Gasteiger partial charge is 0.239 e. The second-order valence-corrected chi connectivity index (χ2v) is 5.44. The summed E-state index contributed by atoms with van der Waals surface area (Å²) in [6.45, 7) is 8.41. The summed E-state index contributed by atoms with van der Waals surface area (Å²) >= 11 is 0. The van der Waals surface area contributed by atoms with E-state index in [0.717, 1.165) is 12.8 Å². The fourth-order valence-electron chi connectivity index (χ4n) is 1.62. The Morgan fingerprint density at radius 1 is 1.44 bits per heavy atom. The van der Waals surface area contributed by atoms with Gasteiger partial charge >= 0.3 is 0 Å². The maximum Gasteiger partial charge on any atom is 0.239 e. The molecule has 0 saturated heterocycles. The summed E-state index contributed by atoms with van der Waals surface area (Å²) in [6, 6.07) is 0. The van der Waals surface area contributed by atoms with Crippen LogP contribution in [-0.4, -0.2) is 29.7 Å². The lowest BCUT2D eigenvalue weighted by Gasteiger charge is -2.22. The molecule has 1 amide bonds. The minimum Gasteiger partial charge on any atom is -0.396 e. The molecule has 0 heterocycles. The number of hydrogen-bond donors (Lipinski definition) is 3. The van der Waals surface area contributed by atoms with Crippen LogP contribution in [-0.2, 0) is 4.79 Å². The van der Waals surface area contributed by atoms with Crippen LogP contribution >= 0.6 is 0 Å². The van der Waals surface area contributed by atoms with Gasteiger partial charge in [-0.2, -0.15) is 0 Å². The van der Waals surface area contributed by atoms with E-state index < -0.39 is 5.54 Å². The number of rotatable bonds is 7. The topological polar surface area (TPSA) is 75.3 Å². The zero-order valence-electron chi connectivity index (χ0n) is 10.9. The quantitative estimate of drug-likeness (QED) is 0.608. The van der Waals surface area contributed by atoms with Crippen LogP contribution < -0.4 is 11.1 Å². The van der Waals surface area contributed by atoms with Crippen LogP contribution in [0.4, 0.5) is 0 Å². The second kappa shape index (κ2) is 6.86. The predicted octanol–water partition coefficient (Wildman–Crippen LogP) is 0.885. The normalized spacial score (nSPS) is 13.9. The van der Waals surface area contributed by atoms with Gasteiger partial charge in [0.2, 0.25) is 5.91 Å². The molecular formula is C12H26N2O2. The Morgan fingerprint density at radius 3 is 2.38 bits per heavy atom. The van der Waals surface area contributed by atoms with Crippen molar-refractivity contribution < 1.29 is 9.90 Å². The SMILES string of the molecule is CC(C)CC(CCO)CNC(=O)C(C)(C)N. The fraction of sp³-hybridized carbons (Fsp3) is 0.917. The summed E-state index contributed by atoms with van der Waals surface area (Å²) in [5, 5.41) is 11.8. The Kier molecular flexibility index (Phi) is 6.60. The third-order valence-corrected chi connectivity index (χ3v) is 2.48. The van der Waals surface area contributed by atoms with Crippen molar-refractivity contribution in [1.82, 2.24) is 5.32 Å². The molecule has 0 saturated carbocycles. The summed E-state index contributed by atoms with van der Waals surface area (Å²) in [4.78, 5) is 11.6. The molecule has 4 nitrogen and oxygen atoms in total. The molecule has 0 aromatic carbocycles. The first-order valence-corrected chi connectivity index (χ1v) is 5.95. The second-order valence-electron chi connectivity index (χ2n) is 5.44. The van der Waals surface area contributed by atoms with Crippen molar-refractivity contribution >= 4 is 5.91 Å². The van der Waals surface area contributed by atoms with Crippen molar-refractivity contribution in [3.8, 4) is 0 Å². The van der Waals surface area contributed by atoms with E-state index in [4.69, 9.17) is 10.8 Å². The molecule has 0 aliphatic heterocycles. The molecular weight excluding hydrogens is 204 g/mol. The van der Waals surface area contributed by atoms with Crippen molar-refractivity contribution in [3.05, 3.63) is 0 Å². The minimum absolute atomic E-state index is 0.140. The van der Waals surface area contributed by atoms with E-state index in [2.05, 4.69) is 19.2 Å². The molecule has 4 heteroatoms. The molecule has 0 aliphatic rings. The van der Waals surface area contributed by atoms with Crippen LogP contribution in [0.1, 0.15) is 40.5 Å². The molecule has 1 atom stereocenters. The molecule has 0 radical (unpaired) electrons. The van der Waals surface area contributed by atoms with Crippen LogP contribution in [0.5, 0.6) is 0 Å². The van der Waals surface area contributed by atoms with Crippen LogP contribution in [0.25, 0.3) is 0 Å². The van der Waals surface area contributed by atoms with Crippen molar-refractivity contribution in [3.63, 3.8) is 0 Å². The molecule has 16 heavy (non-hydrogen) atoms. The first-order chi connectivity index (χ1) is 7.27. The van der Waals surface area contributed by atoms with E-state index in [9.17, 15) is 4.79 Å². The van der Waals surface area contributed by atoms with Crippen molar-refractivity contribution in [2.45, 2.75) is 46.1 Å². The monoisotopic (exact) mass is 230 g/mol. The van der Waals surface area contributed by atoms with Gasteiger partial charge in [0, 0.05) is 13.2 Å². The Morgan fingerprint density at radius 2 is 2.00 bits per heavy atom. The molecule has 0 spiro atoms. The van der Waals surface area contributed by atoms with Crippen molar-refractivity contribution in [1.29, 1.82) is 0 Å². The first-order valence-electron chi connectivity index (χ1n) is 5.95. The van der Waals surface area contributed by atoms with Crippen molar-refractivity contribution in [2.24, 2.45) is 17.6 Å². The fourth-order valence-corrected chi connectivity index (χ4v) is 1.62. The van der Waals surface area contributed by atoms with Gasteiger partial charge in [-0.15, -0.1) is 0 Å². The minimum atomic E-state index is -0.832. The number of amides is 1. The average Bonchev–Trinajstić information content (AvgIpc) is 2.11. The van der Waals surface area contributed by atoms with Crippen LogP contribution in [0.3, 0.4) is 0 Å². The van der Waals surface area contributed by atoms with E-state index in [1.54, 1.807) is 13.8 Å². The number of nitrogens with one attached hydrogen (secondary N) is 1. The average molecular weight is 230 g/mol. The maximum absolute atomic E-state index is 11.6. The Hall–Kier alpha value is -0.610. The van der Waals surface area contributed by atoms with E-state index >= 15 is 0 Å². The zero-order chi connectivity index (χ0) is 12.8. The number of aliphatic hydroxyl groups excluding tert-OH is 1. The van der Waals surface area contributed by atoms with Crippen LogP contribution in [0.2, 0.25) is 0 Å². The van der Waals surface area contributed by atoms with Gasteiger partial charge in [-0.3, -0.25) is 4.79 Å². The maximum atomic E-state index is 11.6. The molecule has 0 fully saturated rings. The highest BCUT2D eigenvalue weighted by Crippen LogP contribution is 2.14. The lowest BCUT2D eigenvalue weighted by Crippen LogP contribution is -2.50. The number of nitrogens with two attached hydrogens (primary N) is 1. The zero-order valence-corrected chi connectivity index (χ0v) is 10.9. The van der Waals surface area contributed by atoms with Gasteiger partial charge in [-0.05, 0) is 38.5 Å². The molecule has 4 N–H and O–H groups in total. The molecule has 0 bridgehead atoms. The Balaban J connectivity index is 4.06. The molecule has 96 valence electrons. The highest BCUT2D eigenvalue weighted by atomic mass is 16.3. The first kappa shape index (κ1) is 15.4. The van der Waals surface area contributed by atoms with E-state index in [1.165, 1.54) is 0 Å². The predicted molar refractivity (Wildman–Crippen MR) is 65.9 cm³/mol. The molecule has 0 rings (SSSR count). The molecule has 0 aromatic heterocycles. The molecule has 0 aliphatic carbocycles. The van der Waals surface area contributed by atoms with Crippen molar-refractivity contribution in [2.75, 3.05) is 13.2 Å². The van der Waals surface area contributed by atoms with E-state index in [1.807, 2.05) is 0 Å². The van der Waals surface area contributed by atoms with E-state index in [0.29, 0.717) is 18.4 Å². The van der Waals surface area contributed by atoms with Crippen LogP contribution in [0, 0.1) is 11.8 Å². The standard InChI is InChI=1S/C12H26N2O2/c1-9(2)7-10(5-6-15)8-14-11(16)12(3,4)13/h9-10,15H,5-8,13H2,1-4H3,(H,14,16). The summed E-state index contributed by atoms with van der Waals surface area (Å²) in [5.74, 6) is 0.759. The highest BCUT2D eigenvalue weighted by Gasteiger charge is 2.22. The third-order valence-electron chi connectivity index (χ3n) is 2.48. The number of carbonyl (C=O) groups is 1.